The maximum absolute atomic E-state index is 12.4. The Morgan fingerprint density at radius 2 is 2.17 bits per heavy atom. The third-order valence-electron chi connectivity index (χ3n) is 3.77. The Kier molecular flexibility index (Phi) is 6.55. The molecule has 0 unspecified atom stereocenters. The summed E-state index contributed by atoms with van der Waals surface area (Å²) >= 11 is 6.99. The Morgan fingerprint density at radius 3 is 2.83 bits per heavy atom. The number of carbonyl (C=O) groups excluding carboxylic acids is 1. The monoisotopic (exact) mass is 435 g/mol. The lowest BCUT2D eigenvalue weighted by molar-refractivity contribution is -0.383. The van der Waals surface area contributed by atoms with E-state index in [-0.39, 0.29) is 22.2 Å². The number of carbonyl (C=O) groups is 1. The highest BCUT2D eigenvalue weighted by atomic mass is 35.5. The van der Waals surface area contributed by atoms with Crippen molar-refractivity contribution in [3.63, 3.8) is 0 Å². The minimum Gasteiger partial charge on any atom is -0.461 e. The zero-order chi connectivity index (χ0) is 21.0. The number of halogens is 1. The van der Waals surface area contributed by atoms with Crippen molar-refractivity contribution in [3.05, 3.63) is 51.7 Å². The molecule has 0 saturated heterocycles. The molecule has 0 radical (unpaired) electrons. The molecule has 29 heavy (non-hydrogen) atoms. The minimum atomic E-state index is -0.594. The van der Waals surface area contributed by atoms with Crippen LogP contribution in [-0.2, 0) is 11.3 Å². The molecular formula is C18H18ClN5O4S. The van der Waals surface area contributed by atoms with Crippen LogP contribution in [0.2, 0.25) is 5.02 Å². The standard InChI is InChI=1S/C18H18ClN5O4S/c1-11(2)9-23-17(15-4-3-7-28-15)21-22-18(23)29-10-16(25)20-13-6-5-12(19)8-14(13)24(26)27/h3-8,11H,9-10H2,1-2H3,(H,20,25). The second-order valence-electron chi connectivity index (χ2n) is 6.54. The van der Waals surface area contributed by atoms with Crippen LogP contribution in [0.3, 0.4) is 0 Å². The van der Waals surface area contributed by atoms with E-state index < -0.39 is 10.8 Å². The number of nitrogens with one attached hydrogen (secondary N) is 1. The molecule has 2 aromatic heterocycles. The first kappa shape index (κ1) is 20.9. The molecule has 1 aromatic carbocycles. The average Bonchev–Trinajstić information content (AvgIpc) is 3.31. The summed E-state index contributed by atoms with van der Waals surface area (Å²) in [5, 5.41) is 22.8. The number of rotatable bonds is 8. The van der Waals surface area contributed by atoms with E-state index in [1.807, 2.05) is 4.57 Å². The summed E-state index contributed by atoms with van der Waals surface area (Å²) in [7, 11) is 0. The maximum atomic E-state index is 12.4. The van der Waals surface area contributed by atoms with E-state index in [2.05, 4.69) is 29.4 Å². The lowest BCUT2D eigenvalue weighted by Crippen LogP contribution is -2.16. The summed E-state index contributed by atoms with van der Waals surface area (Å²) < 4.78 is 7.31. The van der Waals surface area contributed by atoms with Crippen molar-refractivity contribution in [1.82, 2.24) is 14.8 Å². The molecule has 152 valence electrons. The van der Waals surface area contributed by atoms with Gasteiger partial charge in [-0.1, -0.05) is 37.2 Å². The number of hydrogen-bond donors (Lipinski definition) is 1. The van der Waals surface area contributed by atoms with E-state index >= 15 is 0 Å². The number of hydrogen-bond acceptors (Lipinski definition) is 7. The molecule has 0 aliphatic heterocycles. The fourth-order valence-corrected chi connectivity index (χ4v) is 3.51. The number of anilines is 1. The van der Waals surface area contributed by atoms with Gasteiger partial charge in [0, 0.05) is 17.6 Å². The van der Waals surface area contributed by atoms with Gasteiger partial charge in [0.2, 0.25) is 5.91 Å². The Balaban J connectivity index is 1.73. The highest BCUT2D eigenvalue weighted by molar-refractivity contribution is 7.99. The number of nitro groups is 1. The van der Waals surface area contributed by atoms with E-state index in [9.17, 15) is 14.9 Å². The van der Waals surface area contributed by atoms with Gasteiger partial charge in [-0.05, 0) is 30.2 Å². The molecule has 11 heteroatoms. The topological polar surface area (TPSA) is 116 Å². The third kappa shape index (κ3) is 5.15. The summed E-state index contributed by atoms with van der Waals surface area (Å²) in [6.45, 7) is 4.77. The lowest BCUT2D eigenvalue weighted by atomic mass is 10.2. The molecule has 3 aromatic rings. The van der Waals surface area contributed by atoms with Crippen LogP contribution in [0.25, 0.3) is 11.6 Å². The molecule has 0 fully saturated rings. The predicted octanol–water partition coefficient (Wildman–Crippen LogP) is 4.49. The molecular weight excluding hydrogens is 418 g/mol. The Labute approximate surface area is 175 Å². The Bertz CT molecular complexity index is 1020. The number of nitro benzene ring substituents is 1. The highest BCUT2D eigenvalue weighted by Crippen LogP contribution is 2.29. The number of furan rings is 1. The second-order valence-corrected chi connectivity index (χ2v) is 7.92. The van der Waals surface area contributed by atoms with E-state index in [0.29, 0.717) is 29.2 Å². The molecule has 0 spiro atoms. The summed E-state index contributed by atoms with van der Waals surface area (Å²) in [4.78, 5) is 22.9. The summed E-state index contributed by atoms with van der Waals surface area (Å²) in [6, 6.07) is 7.63. The van der Waals surface area contributed by atoms with Crippen LogP contribution in [0.5, 0.6) is 0 Å². The first-order valence-electron chi connectivity index (χ1n) is 8.69. The van der Waals surface area contributed by atoms with Gasteiger partial charge in [-0.3, -0.25) is 19.5 Å². The quantitative estimate of drug-likeness (QED) is 0.315. The predicted molar refractivity (Wildman–Crippen MR) is 110 cm³/mol. The number of nitrogens with zero attached hydrogens (tertiary/aromatic N) is 4. The molecule has 2 heterocycles. The lowest BCUT2D eigenvalue weighted by Gasteiger charge is -2.11. The molecule has 0 saturated carbocycles. The van der Waals surface area contributed by atoms with Crippen molar-refractivity contribution in [3.8, 4) is 11.6 Å². The summed E-state index contributed by atoms with van der Waals surface area (Å²) in [5.41, 5.74) is -0.177. The van der Waals surface area contributed by atoms with Crippen LogP contribution in [0.1, 0.15) is 13.8 Å². The van der Waals surface area contributed by atoms with Crippen molar-refractivity contribution in [2.75, 3.05) is 11.1 Å². The van der Waals surface area contributed by atoms with Crippen LogP contribution in [0.4, 0.5) is 11.4 Å². The molecule has 0 atom stereocenters. The van der Waals surface area contributed by atoms with Crippen molar-refractivity contribution >= 4 is 40.6 Å². The van der Waals surface area contributed by atoms with Gasteiger partial charge in [-0.2, -0.15) is 0 Å². The SMILES string of the molecule is CC(C)Cn1c(SCC(=O)Nc2ccc(Cl)cc2[N+](=O)[O-])nnc1-c1ccco1. The number of benzene rings is 1. The van der Waals surface area contributed by atoms with Gasteiger partial charge in [0.25, 0.3) is 5.69 Å². The van der Waals surface area contributed by atoms with Gasteiger partial charge < -0.3 is 9.73 Å². The molecule has 1 N–H and O–H groups in total. The zero-order valence-corrected chi connectivity index (χ0v) is 17.2. The number of aromatic nitrogens is 3. The van der Waals surface area contributed by atoms with Gasteiger partial charge in [0.05, 0.1) is 16.9 Å². The fourth-order valence-electron chi connectivity index (χ4n) is 2.59. The van der Waals surface area contributed by atoms with Gasteiger partial charge in [0.1, 0.15) is 5.69 Å². The zero-order valence-electron chi connectivity index (χ0n) is 15.7. The number of thioether (sulfide) groups is 1. The third-order valence-corrected chi connectivity index (χ3v) is 4.97. The van der Waals surface area contributed by atoms with Crippen LogP contribution in [0.15, 0.2) is 46.2 Å². The van der Waals surface area contributed by atoms with E-state index in [0.717, 1.165) is 0 Å². The van der Waals surface area contributed by atoms with Gasteiger partial charge in [-0.25, -0.2) is 0 Å². The van der Waals surface area contributed by atoms with E-state index in [1.165, 1.54) is 30.0 Å². The summed E-state index contributed by atoms with van der Waals surface area (Å²) in [5.74, 6) is 1.10. The first-order chi connectivity index (χ1) is 13.8. The van der Waals surface area contributed by atoms with Crippen LogP contribution in [-0.4, -0.2) is 31.3 Å². The highest BCUT2D eigenvalue weighted by Gasteiger charge is 2.20. The van der Waals surface area contributed by atoms with Crippen LogP contribution in [0, 0.1) is 16.0 Å². The average molecular weight is 436 g/mol. The van der Waals surface area contributed by atoms with Crippen molar-refractivity contribution in [2.45, 2.75) is 25.5 Å². The van der Waals surface area contributed by atoms with Gasteiger partial charge in [0.15, 0.2) is 16.7 Å². The second kappa shape index (κ2) is 9.10. The van der Waals surface area contributed by atoms with Gasteiger partial charge in [-0.15, -0.1) is 10.2 Å². The van der Waals surface area contributed by atoms with Crippen LogP contribution < -0.4 is 5.32 Å². The van der Waals surface area contributed by atoms with Crippen LogP contribution >= 0.6 is 23.4 Å². The van der Waals surface area contributed by atoms with Crippen molar-refractivity contribution < 1.29 is 14.1 Å². The van der Waals surface area contributed by atoms with E-state index in [1.54, 1.807) is 18.4 Å². The van der Waals surface area contributed by atoms with E-state index in [4.69, 9.17) is 16.0 Å². The van der Waals surface area contributed by atoms with Crippen molar-refractivity contribution in [2.24, 2.45) is 5.92 Å². The maximum Gasteiger partial charge on any atom is 0.294 e. The molecule has 9 nitrogen and oxygen atoms in total. The molecule has 3 rings (SSSR count). The normalized spacial score (nSPS) is 11.0. The Hall–Kier alpha value is -2.85. The van der Waals surface area contributed by atoms with Crippen molar-refractivity contribution in [1.29, 1.82) is 0 Å². The number of amides is 1. The summed E-state index contributed by atoms with van der Waals surface area (Å²) in [6.07, 6.45) is 1.56. The minimum absolute atomic E-state index is 0.00810. The smallest absolute Gasteiger partial charge is 0.294 e. The first-order valence-corrected chi connectivity index (χ1v) is 10.0. The largest absolute Gasteiger partial charge is 0.461 e. The molecule has 0 aliphatic rings. The van der Waals surface area contributed by atoms with Gasteiger partial charge >= 0.3 is 0 Å². The fraction of sp³-hybridized carbons (Fsp3) is 0.278. The molecule has 1 amide bonds. The Morgan fingerprint density at radius 1 is 1.38 bits per heavy atom. The molecule has 0 aliphatic carbocycles. The molecule has 0 bridgehead atoms.